The molecule has 0 aromatic heterocycles. The third-order valence-corrected chi connectivity index (χ3v) is 5.95. The van der Waals surface area contributed by atoms with Crippen LogP contribution in [0.15, 0.2) is 0 Å². The molecule has 0 radical (unpaired) electrons. The van der Waals surface area contributed by atoms with Crippen LogP contribution in [0.5, 0.6) is 0 Å². The van der Waals surface area contributed by atoms with Gasteiger partial charge in [0.1, 0.15) is 6.10 Å². The number of esters is 1. The minimum atomic E-state index is 0.0357. The quantitative estimate of drug-likeness (QED) is 0.551. The van der Waals surface area contributed by atoms with Gasteiger partial charge in [-0.2, -0.15) is 0 Å². The summed E-state index contributed by atoms with van der Waals surface area (Å²) in [4.78, 5) is 12.4. The van der Waals surface area contributed by atoms with Gasteiger partial charge in [-0.25, -0.2) is 0 Å². The van der Waals surface area contributed by atoms with Gasteiger partial charge < -0.3 is 4.74 Å². The first-order valence-corrected chi connectivity index (χ1v) is 8.39. The molecule has 4 fully saturated rings. The van der Waals surface area contributed by atoms with Gasteiger partial charge in [0, 0.05) is 30.6 Å². The highest BCUT2D eigenvalue weighted by atomic mass is 16.5. The van der Waals surface area contributed by atoms with E-state index in [0.29, 0.717) is 0 Å². The Morgan fingerprint density at radius 1 is 0.905 bits per heavy atom. The van der Waals surface area contributed by atoms with Crippen LogP contribution in [0, 0.1) is 5.92 Å². The van der Waals surface area contributed by atoms with Crippen molar-refractivity contribution >= 4 is 5.97 Å². The van der Waals surface area contributed by atoms with Gasteiger partial charge in [0.25, 0.3) is 0 Å². The summed E-state index contributed by atoms with van der Waals surface area (Å²) in [6.45, 7) is 2.02. The molecule has 4 aliphatic rings. The van der Waals surface area contributed by atoms with Crippen LogP contribution in [0.2, 0.25) is 0 Å². The lowest BCUT2D eigenvalue weighted by molar-refractivity contribution is -0.153. The fourth-order valence-electron chi connectivity index (χ4n) is 4.68. The Morgan fingerprint density at radius 3 is 2.24 bits per heavy atom. The fourth-order valence-corrected chi connectivity index (χ4v) is 4.68. The number of ether oxygens (including phenoxy) is 1. The first kappa shape index (κ1) is 13.9. The topological polar surface area (TPSA) is 74.4 Å². The Morgan fingerprint density at radius 2 is 1.57 bits per heavy atom. The number of nitrogens with one attached hydrogen (secondary N) is 4. The number of rotatable bonds is 2. The van der Waals surface area contributed by atoms with E-state index >= 15 is 0 Å². The van der Waals surface area contributed by atoms with Gasteiger partial charge in [-0.1, -0.05) is 0 Å². The minimum Gasteiger partial charge on any atom is -0.462 e. The van der Waals surface area contributed by atoms with E-state index in [4.69, 9.17) is 4.74 Å². The highest BCUT2D eigenvalue weighted by Gasteiger charge is 2.46. The highest BCUT2D eigenvalue weighted by molar-refractivity contribution is 5.73. The van der Waals surface area contributed by atoms with Gasteiger partial charge in [0.15, 0.2) is 0 Å². The van der Waals surface area contributed by atoms with Crippen LogP contribution in [-0.2, 0) is 9.53 Å². The van der Waals surface area contributed by atoms with Crippen LogP contribution in [0.4, 0.5) is 0 Å². The van der Waals surface area contributed by atoms with E-state index in [1.807, 2.05) is 0 Å². The second kappa shape index (κ2) is 5.19. The summed E-state index contributed by atoms with van der Waals surface area (Å²) in [5.41, 5.74) is 13.5. The van der Waals surface area contributed by atoms with E-state index in [1.54, 1.807) is 0 Å². The molecule has 4 rings (SSSR count). The van der Waals surface area contributed by atoms with Crippen LogP contribution < -0.4 is 21.7 Å². The normalized spacial score (nSPS) is 45.9. The zero-order valence-electron chi connectivity index (χ0n) is 12.5. The predicted octanol–water partition coefficient (Wildman–Crippen LogP) is 0.356. The maximum absolute atomic E-state index is 12.4. The Bertz CT molecular complexity index is 416. The molecule has 6 nitrogen and oxygen atoms in total. The van der Waals surface area contributed by atoms with Crippen molar-refractivity contribution in [2.75, 3.05) is 13.1 Å². The molecule has 0 aromatic rings. The van der Waals surface area contributed by atoms with E-state index in [2.05, 4.69) is 21.7 Å². The highest BCUT2D eigenvalue weighted by Crippen LogP contribution is 2.40. The number of hydrazine groups is 2. The molecule has 118 valence electrons. The lowest BCUT2D eigenvalue weighted by Crippen LogP contribution is -2.42. The molecule has 2 aliphatic carbocycles. The van der Waals surface area contributed by atoms with Gasteiger partial charge in [0.2, 0.25) is 0 Å². The van der Waals surface area contributed by atoms with Crippen molar-refractivity contribution in [3.05, 3.63) is 0 Å². The molecule has 0 aromatic carbocycles. The molecule has 2 saturated carbocycles. The zero-order chi connectivity index (χ0) is 14.3. The molecular weight excluding hydrogens is 268 g/mol. The van der Waals surface area contributed by atoms with Gasteiger partial charge in [-0.3, -0.25) is 26.5 Å². The molecule has 4 atom stereocenters. The monoisotopic (exact) mass is 294 g/mol. The van der Waals surface area contributed by atoms with Gasteiger partial charge in [0.05, 0.1) is 5.92 Å². The number of hydrogen-bond acceptors (Lipinski definition) is 6. The molecule has 2 aliphatic heterocycles. The Kier molecular flexibility index (Phi) is 3.45. The summed E-state index contributed by atoms with van der Waals surface area (Å²) >= 11 is 0. The minimum absolute atomic E-state index is 0.0357. The third kappa shape index (κ3) is 2.59. The molecule has 2 spiro atoms. The van der Waals surface area contributed by atoms with Crippen LogP contribution in [0.25, 0.3) is 0 Å². The van der Waals surface area contributed by atoms with Gasteiger partial charge in [-0.15, -0.1) is 0 Å². The van der Waals surface area contributed by atoms with Crippen molar-refractivity contribution in [1.29, 1.82) is 0 Å². The average molecular weight is 294 g/mol. The van der Waals surface area contributed by atoms with Gasteiger partial charge in [-0.05, 0) is 44.9 Å². The summed E-state index contributed by atoms with van der Waals surface area (Å²) < 4.78 is 5.83. The van der Waals surface area contributed by atoms with E-state index < -0.39 is 0 Å². The molecule has 4 unspecified atom stereocenters. The lowest BCUT2D eigenvalue weighted by atomic mass is 9.94. The van der Waals surface area contributed by atoms with Crippen molar-refractivity contribution in [2.24, 2.45) is 5.92 Å². The summed E-state index contributed by atoms with van der Waals surface area (Å²) in [6.07, 6.45) is 8.42. The van der Waals surface area contributed by atoms with Crippen molar-refractivity contribution in [1.82, 2.24) is 21.7 Å². The van der Waals surface area contributed by atoms with Crippen molar-refractivity contribution in [3.8, 4) is 0 Å². The van der Waals surface area contributed by atoms with Crippen molar-refractivity contribution in [2.45, 2.75) is 68.5 Å². The molecular formula is C15H26N4O2. The van der Waals surface area contributed by atoms with E-state index in [-0.39, 0.29) is 29.1 Å². The third-order valence-electron chi connectivity index (χ3n) is 5.95. The van der Waals surface area contributed by atoms with Crippen LogP contribution in [0.3, 0.4) is 0 Å². The predicted molar refractivity (Wildman–Crippen MR) is 78.0 cm³/mol. The smallest absolute Gasteiger partial charge is 0.309 e. The Balaban J connectivity index is 1.30. The molecule has 4 N–H and O–H groups in total. The van der Waals surface area contributed by atoms with Crippen LogP contribution >= 0.6 is 0 Å². The first-order chi connectivity index (χ1) is 10.2. The fraction of sp³-hybridized carbons (Fsp3) is 0.933. The van der Waals surface area contributed by atoms with E-state index in [0.717, 1.165) is 64.5 Å². The second-order valence-electron chi connectivity index (χ2n) is 7.41. The largest absolute Gasteiger partial charge is 0.462 e. The van der Waals surface area contributed by atoms with Gasteiger partial charge >= 0.3 is 5.97 Å². The summed E-state index contributed by atoms with van der Waals surface area (Å²) in [5, 5.41) is 0. The van der Waals surface area contributed by atoms with Crippen LogP contribution in [0.1, 0.15) is 51.4 Å². The van der Waals surface area contributed by atoms with E-state index in [1.165, 1.54) is 0 Å². The zero-order valence-corrected chi connectivity index (χ0v) is 12.5. The molecule has 0 amide bonds. The lowest BCUT2D eigenvalue weighted by Gasteiger charge is -2.24. The molecule has 2 saturated heterocycles. The number of carbonyl (C=O) groups excluding carboxylic acids is 1. The SMILES string of the molecule is O=C(OC1CCC2(CCNN2)C1)C1CCC2(CCNN2)C1. The number of carbonyl (C=O) groups is 1. The van der Waals surface area contributed by atoms with E-state index in [9.17, 15) is 4.79 Å². The van der Waals surface area contributed by atoms with Crippen molar-refractivity contribution < 1.29 is 9.53 Å². The second-order valence-corrected chi connectivity index (χ2v) is 7.41. The maximum Gasteiger partial charge on any atom is 0.309 e. The molecule has 21 heavy (non-hydrogen) atoms. The summed E-state index contributed by atoms with van der Waals surface area (Å²) in [7, 11) is 0. The Hall–Kier alpha value is -0.690. The molecule has 2 heterocycles. The molecule has 0 bridgehead atoms. The summed E-state index contributed by atoms with van der Waals surface area (Å²) in [5.74, 6) is 0.122. The first-order valence-electron chi connectivity index (χ1n) is 8.39. The number of hydrogen-bond donors (Lipinski definition) is 4. The molecule has 6 heteroatoms. The maximum atomic E-state index is 12.4. The standard InChI is InChI=1S/C15H26N4O2/c20-13(11-1-3-14(9-11)5-7-16-18-14)21-12-2-4-15(10-12)6-8-17-19-15/h11-12,16-19H,1-10H2. The van der Waals surface area contributed by atoms with Crippen LogP contribution in [-0.4, -0.2) is 36.2 Å². The van der Waals surface area contributed by atoms with Crippen molar-refractivity contribution in [3.63, 3.8) is 0 Å². The summed E-state index contributed by atoms with van der Waals surface area (Å²) in [6, 6.07) is 0. The Labute approximate surface area is 125 Å². The average Bonchev–Trinajstić information content (AvgIpc) is 3.24.